The van der Waals surface area contributed by atoms with Crippen LogP contribution in [0.25, 0.3) is 65.4 Å². The Balaban J connectivity index is 1.38. The average molecular weight is 589 g/mol. The van der Waals surface area contributed by atoms with E-state index >= 15 is 0 Å². The molecule has 2 aliphatic rings. The molecular weight excluding hydrogens is 561 g/mol. The number of rotatable bonds is 2. The van der Waals surface area contributed by atoms with E-state index in [4.69, 9.17) is 0 Å². The fourth-order valence-corrected chi connectivity index (χ4v) is 9.71. The smallest absolute Gasteiger partial charge is 0.0734 e. The van der Waals surface area contributed by atoms with Crippen LogP contribution in [0.1, 0.15) is 27.1 Å². The van der Waals surface area contributed by atoms with Gasteiger partial charge in [0.05, 0.1) is 5.41 Å². The fraction of sp³-hybridized carbons (Fsp3) is 0.0455. The van der Waals surface area contributed by atoms with Gasteiger partial charge in [0.2, 0.25) is 0 Å². The number of aryl methyl sites for hydroxylation is 1. The van der Waals surface area contributed by atoms with Crippen molar-refractivity contribution in [2.24, 2.45) is 0 Å². The molecule has 0 radical (unpaired) electrons. The predicted molar refractivity (Wildman–Crippen MR) is 191 cm³/mol. The lowest BCUT2D eigenvalue weighted by Crippen LogP contribution is -2.25. The standard InChI is InChI=1S/C44H28S/c1-27-26-39-43(45-27)34-21-10-12-24-37(34)44(39)36-23-11-9-20-33(36)42-35(22-13-25-38(42)44)41-31-18-7-5-16-29(31)40(28-14-3-2-4-15-28)30-17-6-8-19-32(30)41/h2-26H,1H3. The molecule has 8 aromatic rings. The van der Waals surface area contributed by atoms with Gasteiger partial charge in [0, 0.05) is 9.75 Å². The average Bonchev–Trinajstić information content (AvgIpc) is 3.71. The summed E-state index contributed by atoms with van der Waals surface area (Å²) in [6.45, 7) is 2.25. The van der Waals surface area contributed by atoms with Crippen molar-refractivity contribution in [3.8, 4) is 43.8 Å². The van der Waals surface area contributed by atoms with Gasteiger partial charge in [0.1, 0.15) is 0 Å². The molecular formula is C44H28S. The monoisotopic (exact) mass is 588 g/mol. The first-order valence-electron chi connectivity index (χ1n) is 15.7. The fourth-order valence-electron chi connectivity index (χ4n) is 8.60. The maximum absolute atomic E-state index is 2.46. The highest BCUT2D eigenvalue weighted by molar-refractivity contribution is 7.15. The molecule has 0 bridgehead atoms. The lowest BCUT2D eigenvalue weighted by atomic mass is 9.70. The minimum atomic E-state index is -0.325. The van der Waals surface area contributed by atoms with Gasteiger partial charge in [0.25, 0.3) is 0 Å². The second-order valence-electron chi connectivity index (χ2n) is 12.4. The van der Waals surface area contributed by atoms with Crippen LogP contribution in [0.4, 0.5) is 0 Å². The first-order chi connectivity index (χ1) is 22.3. The molecule has 0 N–H and O–H groups in total. The number of hydrogen-bond donors (Lipinski definition) is 0. The molecule has 1 heterocycles. The third kappa shape index (κ3) is 3.16. The van der Waals surface area contributed by atoms with Crippen LogP contribution in [0.3, 0.4) is 0 Å². The lowest BCUT2D eigenvalue weighted by molar-refractivity contribution is 0.795. The van der Waals surface area contributed by atoms with Gasteiger partial charge in [-0.25, -0.2) is 0 Å². The first-order valence-corrected chi connectivity index (χ1v) is 16.5. The molecule has 45 heavy (non-hydrogen) atoms. The number of thiophene rings is 1. The Kier molecular flexibility index (Phi) is 5.10. The highest BCUT2D eigenvalue weighted by atomic mass is 32.1. The van der Waals surface area contributed by atoms with Gasteiger partial charge in [-0.2, -0.15) is 0 Å². The van der Waals surface area contributed by atoms with Crippen LogP contribution < -0.4 is 0 Å². The SMILES string of the molecule is Cc1cc2c(s1)-c1ccccc1C21c2ccccc2-c2c(-c3c4ccccc4c(-c4ccccc4)c4ccccc34)cccc21. The van der Waals surface area contributed by atoms with E-state index in [1.807, 2.05) is 11.3 Å². The van der Waals surface area contributed by atoms with Gasteiger partial charge in [0.15, 0.2) is 0 Å². The number of fused-ring (bicyclic) bond motifs is 12. The van der Waals surface area contributed by atoms with Crippen LogP contribution in [-0.4, -0.2) is 0 Å². The second kappa shape index (κ2) is 9.14. The summed E-state index contributed by atoms with van der Waals surface area (Å²) in [5.41, 5.74) is 14.6. The van der Waals surface area contributed by atoms with Crippen molar-refractivity contribution in [3.63, 3.8) is 0 Å². The third-order valence-corrected chi connectivity index (χ3v) is 11.3. The van der Waals surface area contributed by atoms with Gasteiger partial charge < -0.3 is 0 Å². The molecule has 1 heteroatoms. The molecule has 1 spiro atoms. The van der Waals surface area contributed by atoms with E-state index in [-0.39, 0.29) is 5.41 Å². The van der Waals surface area contributed by atoms with E-state index in [9.17, 15) is 0 Å². The van der Waals surface area contributed by atoms with Crippen LogP contribution >= 0.6 is 11.3 Å². The minimum Gasteiger partial charge on any atom is -0.140 e. The zero-order chi connectivity index (χ0) is 29.7. The Morgan fingerprint density at radius 3 is 1.60 bits per heavy atom. The molecule has 210 valence electrons. The Hall–Kier alpha value is -5.24. The van der Waals surface area contributed by atoms with E-state index < -0.39 is 0 Å². The van der Waals surface area contributed by atoms with Crippen molar-refractivity contribution < 1.29 is 0 Å². The van der Waals surface area contributed by atoms with Crippen molar-refractivity contribution in [1.29, 1.82) is 0 Å². The molecule has 1 aromatic heterocycles. The van der Waals surface area contributed by atoms with Gasteiger partial charge in [-0.3, -0.25) is 0 Å². The summed E-state index contributed by atoms with van der Waals surface area (Å²) in [7, 11) is 0. The summed E-state index contributed by atoms with van der Waals surface area (Å²) >= 11 is 1.93. The quantitative estimate of drug-likeness (QED) is 0.176. The minimum absolute atomic E-state index is 0.325. The van der Waals surface area contributed by atoms with Gasteiger partial charge in [-0.05, 0) is 95.7 Å². The molecule has 0 amide bonds. The Bertz CT molecular complexity index is 2440. The van der Waals surface area contributed by atoms with Gasteiger partial charge in [-0.15, -0.1) is 11.3 Å². The first kappa shape index (κ1) is 25.1. The number of hydrogen-bond acceptors (Lipinski definition) is 1. The van der Waals surface area contributed by atoms with Crippen LogP contribution in [0, 0.1) is 6.92 Å². The molecule has 0 aliphatic heterocycles. The van der Waals surface area contributed by atoms with E-state index in [0.29, 0.717) is 0 Å². The summed E-state index contributed by atoms with van der Waals surface area (Å²) in [6, 6.07) is 56.7. The summed E-state index contributed by atoms with van der Waals surface area (Å²) < 4.78 is 0. The van der Waals surface area contributed by atoms with Gasteiger partial charge >= 0.3 is 0 Å². The maximum atomic E-state index is 2.46. The maximum Gasteiger partial charge on any atom is 0.0734 e. The molecule has 0 nitrogen and oxygen atoms in total. The second-order valence-corrected chi connectivity index (χ2v) is 13.6. The largest absolute Gasteiger partial charge is 0.140 e. The van der Waals surface area contributed by atoms with Crippen molar-refractivity contribution in [2.75, 3.05) is 0 Å². The normalized spacial score (nSPS) is 15.8. The van der Waals surface area contributed by atoms with Crippen molar-refractivity contribution in [3.05, 3.63) is 179 Å². The Labute approximate surface area is 266 Å². The molecule has 2 aliphatic carbocycles. The van der Waals surface area contributed by atoms with E-state index in [2.05, 4.69) is 159 Å². The van der Waals surface area contributed by atoms with Crippen molar-refractivity contribution >= 4 is 32.9 Å². The highest BCUT2D eigenvalue weighted by Crippen LogP contribution is 2.65. The molecule has 1 unspecified atom stereocenters. The summed E-state index contributed by atoms with van der Waals surface area (Å²) in [5, 5.41) is 5.16. The van der Waals surface area contributed by atoms with Crippen molar-refractivity contribution in [2.45, 2.75) is 12.3 Å². The molecule has 0 fully saturated rings. The highest BCUT2D eigenvalue weighted by Gasteiger charge is 2.53. The molecule has 1 atom stereocenters. The van der Waals surface area contributed by atoms with Gasteiger partial charge in [-0.1, -0.05) is 146 Å². The molecule has 0 saturated carbocycles. The van der Waals surface area contributed by atoms with E-state index in [1.54, 1.807) is 0 Å². The molecule has 0 saturated heterocycles. The van der Waals surface area contributed by atoms with Crippen LogP contribution in [0.2, 0.25) is 0 Å². The van der Waals surface area contributed by atoms with Crippen LogP contribution in [0.5, 0.6) is 0 Å². The predicted octanol–water partition coefficient (Wildman–Crippen LogP) is 12.0. The Morgan fingerprint density at radius 2 is 0.911 bits per heavy atom. The van der Waals surface area contributed by atoms with Crippen molar-refractivity contribution in [1.82, 2.24) is 0 Å². The van der Waals surface area contributed by atoms with E-state index in [0.717, 1.165) is 0 Å². The third-order valence-electron chi connectivity index (χ3n) is 10.2. The molecule has 10 rings (SSSR count). The summed E-state index contributed by atoms with van der Waals surface area (Å²) in [6.07, 6.45) is 0. The van der Waals surface area contributed by atoms with E-state index in [1.165, 1.54) is 92.5 Å². The zero-order valence-corrected chi connectivity index (χ0v) is 25.7. The zero-order valence-electron chi connectivity index (χ0n) is 24.8. The summed E-state index contributed by atoms with van der Waals surface area (Å²) in [4.78, 5) is 2.78. The van der Waals surface area contributed by atoms with Crippen LogP contribution in [0.15, 0.2) is 152 Å². The lowest BCUT2D eigenvalue weighted by Gasteiger charge is -2.30. The summed E-state index contributed by atoms with van der Waals surface area (Å²) in [5.74, 6) is 0. The number of benzene rings is 7. The van der Waals surface area contributed by atoms with Crippen LogP contribution in [-0.2, 0) is 5.41 Å². The molecule has 7 aromatic carbocycles. The topological polar surface area (TPSA) is 0 Å². The Morgan fingerprint density at radius 1 is 0.400 bits per heavy atom.